The van der Waals surface area contributed by atoms with E-state index in [4.69, 9.17) is 0 Å². The lowest BCUT2D eigenvalue weighted by Gasteiger charge is -2.12. The molecular weight excluding hydrogens is 211 g/mol. The highest BCUT2D eigenvalue weighted by Crippen LogP contribution is 2.16. The Morgan fingerprint density at radius 3 is 1.12 bits per heavy atom. The predicted octanol–water partition coefficient (Wildman–Crippen LogP) is 6.56. The second-order valence-electron chi connectivity index (χ2n) is 6.30. The molecule has 0 unspecified atom stereocenters. The Kier molecular flexibility index (Phi) is 13.9. The molecule has 0 bridgehead atoms. The molecule has 0 aromatic carbocycles. The van der Waals surface area contributed by atoms with E-state index in [0.717, 1.165) is 6.42 Å². The minimum absolute atomic E-state index is 0.542. The highest BCUT2D eigenvalue weighted by Gasteiger charge is 2.09. The number of allylic oxidation sites excluding steroid dienone is 1. The molecule has 0 fully saturated rings. The lowest BCUT2D eigenvalue weighted by Crippen LogP contribution is -2.07. The van der Waals surface area contributed by atoms with Crippen molar-refractivity contribution in [2.45, 2.75) is 87.2 Å². The van der Waals surface area contributed by atoms with Crippen LogP contribution in [0.15, 0.2) is 12.2 Å². The summed E-state index contributed by atoms with van der Waals surface area (Å²) in [7, 11) is 0. The average Bonchev–Trinajstić information content (AvgIpc) is 2.17. The van der Waals surface area contributed by atoms with Crippen molar-refractivity contribution in [3.63, 3.8) is 0 Å². The van der Waals surface area contributed by atoms with Gasteiger partial charge in [0.15, 0.2) is 0 Å². The highest BCUT2D eigenvalue weighted by atomic mass is 19.1. The number of rotatable bonds is 2. The van der Waals surface area contributed by atoms with Crippen molar-refractivity contribution >= 4 is 0 Å². The summed E-state index contributed by atoms with van der Waals surface area (Å²) in [6.45, 7) is 21.7. The Balaban J connectivity index is -0.000000174. The molecule has 0 aliphatic rings. The maximum absolute atomic E-state index is 12.1. The first kappa shape index (κ1) is 21.9. The Bertz CT molecular complexity index is 153. The molecule has 0 heterocycles. The standard InChI is InChI=1S/C6H14.C5H11F.C5H10/c1-5-6(2,3)4;1-4-5(2,3)6;1-4-5(2)3/h5H2,1-4H3;4H2,1-3H3;2,4H2,1,3H3. The molecule has 1 heteroatoms. The molecule has 0 nitrogen and oxygen atoms in total. The summed E-state index contributed by atoms with van der Waals surface area (Å²) in [4.78, 5) is 0. The molecule has 0 amide bonds. The molecule has 0 aliphatic heterocycles. The van der Waals surface area contributed by atoms with Gasteiger partial charge in [-0.25, -0.2) is 4.39 Å². The smallest absolute Gasteiger partial charge is 0.105 e. The first-order valence-electron chi connectivity index (χ1n) is 6.72. The molecule has 0 radical (unpaired) electrons. The van der Waals surface area contributed by atoms with Gasteiger partial charge in [0.2, 0.25) is 0 Å². The van der Waals surface area contributed by atoms with Gasteiger partial charge in [-0.3, -0.25) is 0 Å². The second-order valence-corrected chi connectivity index (χ2v) is 6.30. The fraction of sp³-hybridized carbons (Fsp3) is 0.875. The monoisotopic (exact) mass is 246 g/mol. The van der Waals surface area contributed by atoms with E-state index in [0.29, 0.717) is 11.8 Å². The van der Waals surface area contributed by atoms with E-state index in [1.165, 1.54) is 12.0 Å². The topological polar surface area (TPSA) is 0 Å². The van der Waals surface area contributed by atoms with Gasteiger partial charge in [-0.2, -0.15) is 0 Å². The van der Waals surface area contributed by atoms with Crippen LogP contribution in [0.25, 0.3) is 0 Å². The van der Waals surface area contributed by atoms with Crippen LogP contribution >= 0.6 is 0 Å². The van der Waals surface area contributed by atoms with Gasteiger partial charge in [0.05, 0.1) is 0 Å². The van der Waals surface area contributed by atoms with Crippen LogP contribution in [0.5, 0.6) is 0 Å². The van der Waals surface area contributed by atoms with E-state index in [1.807, 2.05) is 13.8 Å². The maximum atomic E-state index is 12.1. The van der Waals surface area contributed by atoms with Crippen molar-refractivity contribution in [1.29, 1.82) is 0 Å². The second kappa shape index (κ2) is 10.8. The van der Waals surface area contributed by atoms with Gasteiger partial charge < -0.3 is 0 Å². The lowest BCUT2D eigenvalue weighted by atomic mass is 9.94. The van der Waals surface area contributed by atoms with Crippen molar-refractivity contribution in [3.05, 3.63) is 12.2 Å². The normalized spacial score (nSPS) is 10.7. The third kappa shape index (κ3) is 49.8. The Morgan fingerprint density at radius 2 is 1.12 bits per heavy atom. The third-order valence-corrected chi connectivity index (χ3v) is 2.50. The van der Waals surface area contributed by atoms with Crippen molar-refractivity contribution in [2.75, 3.05) is 0 Å². The van der Waals surface area contributed by atoms with Crippen LogP contribution in [0.2, 0.25) is 0 Å². The molecule has 0 spiro atoms. The van der Waals surface area contributed by atoms with E-state index in [9.17, 15) is 4.39 Å². The molecule has 0 aromatic heterocycles. The van der Waals surface area contributed by atoms with Crippen LogP contribution < -0.4 is 0 Å². The Morgan fingerprint density at radius 1 is 0.941 bits per heavy atom. The number of hydrogen-bond donors (Lipinski definition) is 0. The first-order valence-corrected chi connectivity index (χ1v) is 6.72. The largest absolute Gasteiger partial charge is 0.245 e. The van der Waals surface area contributed by atoms with Crippen LogP contribution in [-0.4, -0.2) is 5.67 Å². The quantitative estimate of drug-likeness (QED) is 0.484. The number of halogens is 1. The van der Waals surface area contributed by atoms with Gasteiger partial charge in [-0.1, -0.05) is 53.5 Å². The first-order chi connectivity index (χ1) is 7.39. The molecule has 0 aromatic rings. The van der Waals surface area contributed by atoms with Crippen LogP contribution in [0, 0.1) is 5.41 Å². The van der Waals surface area contributed by atoms with Crippen LogP contribution in [0.4, 0.5) is 4.39 Å². The summed E-state index contributed by atoms with van der Waals surface area (Å²) in [5.74, 6) is 0. The zero-order valence-electron chi connectivity index (χ0n) is 13.7. The zero-order chi connectivity index (χ0) is 14.7. The summed E-state index contributed by atoms with van der Waals surface area (Å²) in [6.07, 6.45) is 2.99. The Labute approximate surface area is 110 Å². The fourth-order valence-electron chi connectivity index (χ4n) is 0. The summed E-state index contributed by atoms with van der Waals surface area (Å²) >= 11 is 0. The third-order valence-electron chi connectivity index (χ3n) is 2.50. The summed E-state index contributed by atoms with van der Waals surface area (Å²) in [5, 5.41) is 0. The number of alkyl halides is 1. The molecule has 0 aliphatic carbocycles. The number of hydrogen-bond acceptors (Lipinski definition) is 0. The summed E-state index contributed by atoms with van der Waals surface area (Å²) < 4.78 is 12.1. The van der Waals surface area contributed by atoms with Crippen LogP contribution in [-0.2, 0) is 0 Å². The Hall–Kier alpha value is -0.330. The molecule has 0 rings (SSSR count). The van der Waals surface area contributed by atoms with Crippen molar-refractivity contribution in [3.8, 4) is 0 Å². The van der Waals surface area contributed by atoms with Gasteiger partial charge in [0.25, 0.3) is 0 Å². The average molecular weight is 246 g/mol. The van der Waals surface area contributed by atoms with Crippen molar-refractivity contribution in [1.82, 2.24) is 0 Å². The van der Waals surface area contributed by atoms with E-state index in [2.05, 4.69) is 41.2 Å². The van der Waals surface area contributed by atoms with E-state index in [1.54, 1.807) is 13.8 Å². The molecule has 0 saturated carbocycles. The minimum atomic E-state index is -0.958. The SMILES string of the molecule is C=C(C)CC.CCC(C)(C)C.CCC(C)(C)F. The van der Waals surface area contributed by atoms with Gasteiger partial charge in [0.1, 0.15) is 5.67 Å². The molecule has 106 valence electrons. The van der Waals surface area contributed by atoms with E-state index < -0.39 is 5.67 Å². The molecular formula is C16H35F. The van der Waals surface area contributed by atoms with Crippen LogP contribution in [0.1, 0.15) is 81.6 Å². The predicted molar refractivity (Wildman–Crippen MR) is 80.3 cm³/mol. The summed E-state index contributed by atoms with van der Waals surface area (Å²) in [5.41, 5.74) is 0.838. The van der Waals surface area contributed by atoms with Gasteiger partial charge in [-0.15, -0.1) is 6.58 Å². The fourth-order valence-corrected chi connectivity index (χ4v) is 0. The van der Waals surface area contributed by atoms with E-state index in [-0.39, 0.29) is 0 Å². The van der Waals surface area contributed by atoms with Crippen LogP contribution in [0.3, 0.4) is 0 Å². The minimum Gasteiger partial charge on any atom is -0.245 e. The van der Waals surface area contributed by atoms with Crippen molar-refractivity contribution in [2.24, 2.45) is 5.41 Å². The van der Waals surface area contributed by atoms with Gasteiger partial charge in [0, 0.05) is 0 Å². The molecule has 17 heavy (non-hydrogen) atoms. The molecule has 0 saturated heterocycles. The molecule has 0 N–H and O–H groups in total. The summed E-state index contributed by atoms with van der Waals surface area (Å²) in [6, 6.07) is 0. The van der Waals surface area contributed by atoms with E-state index >= 15 is 0 Å². The molecule has 0 atom stereocenters. The zero-order valence-corrected chi connectivity index (χ0v) is 13.7. The lowest BCUT2D eigenvalue weighted by molar-refractivity contribution is 0.210. The highest BCUT2D eigenvalue weighted by molar-refractivity contribution is 4.84. The van der Waals surface area contributed by atoms with Crippen molar-refractivity contribution < 1.29 is 4.39 Å². The maximum Gasteiger partial charge on any atom is 0.105 e. The van der Waals surface area contributed by atoms with Gasteiger partial charge in [-0.05, 0) is 39.0 Å². The van der Waals surface area contributed by atoms with Gasteiger partial charge >= 0.3 is 0 Å².